The number of benzene rings is 2. The fourth-order valence-electron chi connectivity index (χ4n) is 3.47. The van der Waals surface area contributed by atoms with Crippen molar-refractivity contribution < 1.29 is 4.79 Å². The Bertz CT molecular complexity index is 1050. The minimum Gasteiger partial charge on any atom is -0.345 e. The smallest absolute Gasteiger partial charge is 0.223 e. The van der Waals surface area contributed by atoms with Crippen LogP contribution < -0.4 is 4.90 Å². The number of aromatic nitrogens is 1. The zero-order chi connectivity index (χ0) is 20.9. The van der Waals surface area contributed by atoms with Crippen molar-refractivity contribution in [3.05, 3.63) is 70.1 Å². The van der Waals surface area contributed by atoms with Crippen molar-refractivity contribution in [1.82, 2.24) is 9.88 Å². The molecule has 0 radical (unpaired) electrons. The second-order valence-corrected chi connectivity index (χ2v) is 8.47. The van der Waals surface area contributed by atoms with Crippen molar-refractivity contribution >= 4 is 34.0 Å². The highest BCUT2D eigenvalue weighted by molar-refractivity contribution is 7.14. The van der Waals surface area contributed by atoms with E-state index in [9.17, 15) is 4.79 Å². The third-order valence-electron chi connectivity index (χ3n) is 5.25. The van der Waals surface area contributed by atoms with Gasteiger partial charge in [0.25, 0.3) is 0 Å². The molecule has 0 saturated carbocycles. The fraction of sp³-hybridized carbons (Fsp3) is 0.261. The molecule has 1 aliphatic rings. The lowest BCUT2D eigenvalue weighted by Gasteiger charge is -2.34. The fourth-order valence-corrected chi connectivity index (χ4v) is 4.48. The summed E-state index contributed by atoms with van der Waals surface area (Å²) in [5, 5.41) is 12.6. The molecule has 0 bridgehead atoms. The number of piperazine rings is 1. The highest BCUT2D eigenvalue weighted by Crippen LogP contribution is 2.29. The number of amides is 1. The van der Waals surface area contributed by atoms with Crippen molar-refractivity contribution in [2.24, 2.45) is 0 Å². The van der Waals surface area contributed by atoms with Gasteiger partial charge in [0.2, 0.25) is 5.91 Å². The summed E-state index contributed by atoms with van der Waals surface area (Å²) in [6.07, 6.45) is 1.19. The first-order chi connectivity index (χ1) is 14.6. The van der Waals surface area contributed by atoms with Gasteiger partial charge in [-0.25, -0.2) is 4.98 Å². The van der Waals surface area contributed by atoms with Gasteiger partial charge in [-0.1, -0.05) is 35.9 Å². The van der Waals surface area contributed by atoms with Gasteiger partial charge in [0.1, 0.15) is 0 Å². The number of hydrogen-bond acceptors (Lipinski definition) is 5. The number of thiazole rings is 1. The van der Waals surface area contributed by atoms with Crippen LogP contribution in [0.3, 0.4) is 0 Å². The molecular formula is C23H21ClN4OS. The van der Waals surface area contributed by atoms with E-state index in [0.29, 0.717) is 36.5 Å². The lowest BCUT2D eigenvalue weighted by atomic mass is 10.1. The van der Waals surface area contributed by atoms with Gasteiger partial charge < -0.3 is 9.80 Å². The minimum atomic E-state index is 0.181. The van der Waals surface area contributed by atoms with Gasteiger partial charge >= 0.3 is 0 Å². The number of aryl methyl sites for hydroxylation is 1. The predicted octanol–water partition coefficient (Wildman–Crippen LogP) is 4.62. The summed E-state index contributed by atoms with van der Waals surface area (Å²) < 4.78 is 0. The molecule has 0 spiro atoms. The number of anilines is 1. The van der Waals surface area contributed by atoms with Crippen LogP contribution >= 0.6 is 22.9 Å². The van der Waals surface area contributed by atoms with Gasteiger partial charge in [0.05, 0.1) is 17.3 Å². The summed E-state index contributed by atoms with van der Waals surface area (Å²) >= 11 is 7.60. The Kier molecular flexibility index (Phi) is 6.32. The van der Waals surface area contributed by atoms with E-state index >= 15 is 0 Å². The van der Waals surface area contributed by atoms with E-state index in [0.717, 1.165) is 35.0 Å². The highest BCUT2D eigenvalue weighted by atomic mass is 35.5. The zero-order valence-corrected chi connectivity index (χ0v) is 18.0. The molecule has 1 aliphatic heterocycles. The molecule has 1 aromatic heterocycles. The molecule has 0 aliphatic carbocycles. The first-order valence-electron chi connectivity index (χ1n) is 9.85. The Morgan fingerprint density at radius 2 is 1.77 bits per heavy atom. The molecule has 0 unspecified atom stereocenters. The average molecular weight is 437 g/mol. The molecule has 1 saturated heterocycles. The van der Waals surface area contributed by atoms with Crippen LogP contribution in [0.5, 0.6) is 0 Å². The van der Waals surface area contributed by atoms with Crippen molar-refractivity contribution in [3.63, 3.8) is 0 Å². The number of hydrogen-bond donors (Lipinski definition) is 0. The highest BCUT2D eigenvalue weighted by Gasteiger charge is 2.22. The maximum Gasteiger partial charge on any atom is 0.223 e. The summed E-state index contributed by atoms with van der Waals surface area (Å²) in [6.45, 7) is 3.00. The monoisotopic (exact) mass is 436 g/mol. The summed E-state index contributed by atoms with van der Waals surface area (Å²) in [5.41, 5.74) is 3.73. The zero-order valence-electron chi connectivity index (χ0n) is 16.4. The van der Waals surface area contributed by atoms with Gasteiger partial charge in [-0.2, -0.15) is 5.26 Å². The summed E-state index contributed by atoms with van der Waals surface area (Å²) in [6, 6.07) is 17.2. The molecule has 152 valence electrons. The molecular weight excluding hydrogens is 416 g/mol. The SMILES string of the molecule is N#Cc1ccc(CCC(=O)N2CCN(c3nc(-c4ccc(Cl)cc4)cs3)CC2)cc1. The van der Waals surface area contributed by atoms with Gasteiger partial charge in [0.15, 0.2) is 5.13 Å². The van der Waals surface area contributed by atoms with Gasteiger partial charge in [-0.05, 0) is 36.2 Å². The second kappa shape index (κ2) is 9.29. The van der Waals surface area contributed by atoms with Crippen LogP contribution in [-0.2, 0) is 11.2 Å². The maximum absolute atomic E-state index is 12.6. The molecule has 0 N–H and O–H groups in total. The van der Waals surface area contributed by atoms with Crippen LogP contribution in [0.1, 0.15) is 17.5 Å². The first-order valence-corrected chi connectivity index (χ1v) is 11.1. The van der Waals surface area contributed by atoms with E-state index in [1.807, 2.05) is 41.3 Å². The molecule has 2 heterocycles. The minimum absolute atomic E-state index is 0.181. The van der Waals surface area contributed by atoms with Crippen LogP contribution in [0, 0.1) is 11.3 Å². The molecule has 1 fully saturated rings. The topological polar surface area (TPSA) is 60.2 Å². The van der Waals surface area contributed by atoms with E-state index in [1.165, 1.54) is 0 Å². The summed E-state index contributed by atoms with van der Waals surface area (Å²) in [5.74, 6) is 0.181. The summed E-state index contributed by atoms with van der Waals surface area (Å²) in [4.78, 5) is 21.5. The van der Waals surface area contributed by atoms with E-state index in [1.54, 1.807) is 23.5 Å². The van der Waals surface area contributed by atoms with Gasteiger partial charge in [-0.3, -0.25) is 4.79 Å². The van der Waals surface area contributed by atoms with Gasteiger partial charge in [0, 0.05) is 48.6 Å². The number of halogens is 1. The van der Waals surface area contributed by atoms with E-state index < -0.39 is 0 Å². The van der Waals surface area contributed by atoms with Crippen molar-refractivity contribution in [3.8, 4) is 17.3 Å². The van der Waals surface area contributed by atoms with Crippen molar-refractivity contribution in [1.29, 1.82) is 5.26 Å². The maximum atomic E-state index is 12.6. The largest absolute Gasteiger partial charge is 0.345 e. The number of carbonyl (C=O) groups is 1. The number of carbonyl (C=O) groups excluding carboxylic acids is 1. The van der Waals surface area contributed by atoms with Crippen molar-refractivity contribution in [2.45, 2.75) is 12.8 Å². The van der Waals surface area contributed by atoms with E-state index in [-0.39, 0.29) is 5.91 Å². The predicted molar refractivity (Wildman–Crippen MR) is 121 cm³/mol. The van der Waals surface area contributed by atoms with Crippen LogP contribution in [0.2, 0.25) is 5.02 Å². The number of nitrogens with zero attached hydrogens (tertiary/aromatic N) is 4. The molecule has 2 aromatic carbocycles. The lowest BCUT2D eigenvalue weighted by molar-refractivity contribution is -0.131. The number of rotatable bonds is 5. The lowest BCUT2D eigenvalue weighted by Crippen LogP contribution is -2.48. The molecule has 30 heavy (non-hydrogen) atoms. The molecule has 7 heteroatoms. The standard InChI is InChI=1S/C23H21ClN4OS/c24-20-8-6-19(7-9-20)21-16-30-23(26-21)28-13-11-27(12-14-28)22(29)10-5-17-1-3-18(15-25)4-2-17/h1-4,6-9,16H,5,10-14H2. The van der Waals surface area contributed by atoms with Crippen LogP contribution in [0.25, 0.3) is 11.3 Å². The van der Waals surface area contributed by atoms with Crippen molar-refractivity contribution in [2.75, 3.05) is 31.1 Å². The van der Waals surface area contributed by atoms with Crippen LogP contribution in [-0.4, -0.2) is 42.0 Å². The second-order valence-electron chi connectivity index (χ2n) is 7.20. The quantitative estimate of drug-likeness (QED) is 0.585. The Hall–Kier alpha value is -2.88. The van der Waals surface area contributed by atoms with E-state index in [4.69, 9.17) is 21.8 Å². The average Bonchev–Trinajstić information content (AvgIpc) is 3.29. The normalized spacial score (nSPS) is 13.9. The summed E-state index contributed by atoms with van der Waals surface area (Å²) in [7, 11) is 0. The number of nitriles is 1. The third kappa shape index (κ3) is 4.81. The Labute approximate surface area is 185 Å². The Balaban J connectivity index is 1.28. The molecule has 0 atom stereocenters. The van der Waals surface area contributed by atoms with Crippen LogP contribution in [0.15, 0.2) is 53.9 Å². The first kappa shape index (κ1) is 20.4. The molecule has 5 nitrogen and oxygen atoms in total. The molecule has 1 amide bonds. The molecule has 3 aromatic rings. The van der Waals surface area contributed by atoms with E-state index in [2.05, 4.69) is 16.3 Å². The van der Waals surface area contributed by atoms with Gasteiger partial charge in [-0.15, -0.1) is 11.3 Å². The Morgan fingerprint density at radius 1 is 1.07 bits per heavy atom. The Morgan fingerprint density at radius 3 is 2.43 bits per heavy atom. The van der Waals surface area contributed by atoms with Crippen LogP contribution in [0.4, 0.5) is 5.13 Å². The third-order valence-corrected chi connectivity index (χ3v) is 6.40. The molecule has 4 rings (SSSR count).